The van der Waals surface area contributed by atoms with Crippen molar-refractivity contribution in [2.75, 3.05) is 11.9 Å². The molecule has 0 radical (unpaired) electrons. The van der Waals surface area contributed by atoms with Gasteiger partial charge in [-0.2, -0.15) is 5.10 Å². The van der Waals surface area contributed by atoms with E-state index >= 15 is 0 Å². The molecule has 1 aromatic heterocycles. The topological polar surface area (TPSA) is 50.1 Å². The van der Waals surface area contributed by atoms with Crippen molar-refractivity contribution >= 4 is 29.2 Å². The lowest BCUT2D eigenvalue weighted by Gasteiger charge is -2.25. The van der Waals surface area contributed by atoms with Gasteiger partial charge in [-0.1, -0.05) is 17.7 Å². The van der Waals surface area contributed by atoms with Crippen molar-refractivity contribution in [1.29, 1.82) is 0 Å². The number of aryl methyl sites for hydroxylation is 3. The van der Waals surface area contributed by atoms with Crippen molar-refractivity contribution in [1.82, 2.24) is 9.78 Å². The first-order chi connectivity index (χ1) is 11.4. The van der Waals surface area contributed by atoms with Gasteiger partial charge in [-0.3, -0.25) is 4.68 Å². The molecule has 1 aliphatic heterocycles. The van der Waals surface area contributed by atoms with Crippen LogP contribution in [0.3, 0.4) is 0 Å². The molecule has 0 saturated carbocycles. The maximum absolute atomic E-state index is 9.48. The quantitative estimate of drug-likeness (QED) is 0.860. The first kappa shape index (κ1) is 17.6. The van der Waals surface area contributed by atoms with Gasteiger partial charge < -0.3 is 10.4 Å². The van der Waals surface area contributed by atoms with Crippen molar-refractivity contribution < 1.29 is 5.11 Å². The number of rotatable bonds is 3. The molecule has 1 aliphatic rings. The number of thioether (sulfide) groups is 1. The smallest absolute Gasteiger partial charge is 0.129 e. The average Bonchev–Trinajstić information content (AvgIpc) is 2.69. The van der Waals surface area contributed by atoms with Gasteiger partial charge in [0.2, 0.25) is 0 Å². The summed E-state index contributed by atoms with van der Waals surface area (Å²) >= 11 is 8.07. The number of anilines is 1. The molecule has 1 aromatic carbocycles. The summed E-state index contributed by atoms with van der Waals surface area (Å²) in [4.78, 5) is 0. The second-order valence-electron chi connectivity index (χ2n) is 6.47. The van der Waals surface area contributed by atoms with E-state index in [1.165, 1.54) is 16.7 Å². The largest absolute Gasteiger partial charge is 0.396 e. The Morgan fingerprint density at radius 2 is 2.12 bits per heavy atom. The van der Waals surface area contributed by atoms with E-state index in [0.29, 0.717) is 5.25 Å². The third-order valence-corrected chi connectivity index (χ3v) is 6.68. The van der Waals surface area contributed by atoms with Crippen LogP contribution in [0.5, 0.6) is 0 Å². The standard InChI is InChI=1S/C18H24ClN3OS/c1-10-9-13(19)5-6-14(10)17-16-12(3)21-22(4)18(16)20-11(2)15(24-17)7-8-23/h5-6,9,11,15,17,20,23H,7-8H2,1-4H3. The van der Waals surface area contributed by atoms with Crippen LogP contribution in [0.4, 0.5) is 5.82 Å². The second-order valence-corrected chi connectivity index (χ2v) is 8.26. The van der Waals surface area contributed by atoms with Crippen LogP contribution in [0, 0.1) is 13.8 Å². The number of halogens is 1. The van der Waals surface area contributed by atoms with Gasteiger partial charge in [0.1, 0.15) is 5.82 Å². The van der Waals surface area contributed by atoms with Gasteiger partial charge in [-0.25, -0.2) is 0 Å². The van der Waals surface area contributed by atoms with Crippen molar-refractivity contribution in [2.45, 2.75) is 43.7 Å². The predicted octanol–water partition coefficient (Wildman–Crippen LogP) is 4.08. The number of fused-ring (bicyclic) bond motifs is 1. The summed E-state index contributed by atoms with van der Waals surface area (Å²) in [6, 6.07) is 6.36. The van der Waals surface area contributed by atoms with Crippen LogP contribution in [-0.2, 0) is 7.05 Å². The van der Waals surface area contributed by atoms with Gasteiger partial charge in [-0.05, 0) is 50.5 Å². The molecule has 2 aromatic rings. The van der Waals surface area contributed by atoms with E-state index in [1.54, 1.807) is 0 Å². The zero-order valence-electron chi connectivity index (χ0n) is 14.5. The summed E-state index contributed by atoms with van der Waals surface area (Å²) in [6.07, 6.45) is 0.766. The van der Waals surface area contributed by atoms with E-state index in [2.05, 4.69) is 37.3 Å². The van der Waals surface area contributed by atoms with E-state index in [-0.39, 0.29) is 17.9 Å². The summed E-state index contributed by atoms with van der Waals surface area (Å²) in [5.41, 5.74) is 4.73. The highest BCUT2D eigenvalue weighted by Crippen LogP contribution is 2.48. The number of nitrogens with one attached hydrogen (secondary N) is 1. The third-order valence-electron chi connectivity index (χ3n) is 4.69. The number of aromatic nitrogens is 2. The average molecular weight is 366 g/mol. The Labute approximate surface area is 152 Å². The van der Waals surface area contributed by atoms with Crippen molar-refractivity contribution in [3.05, 3.63) is 45.6 Å². The molecule has 0 fully saturated rings. The fourth-order valence-electron chi connectivity index (χ4n) is 3.44. The molecule has 0 amide bonds. The normalized spacial score (nSPS) is 23.5. The van der Waals surface area contributed by atoms with Gasteiger partial charge >= 0.3 is 0 Å². The highest BCUT2D eigenvalue weighted by Gasteiger charge is 2.34. The summed E-state index contributed by atoms with van der Waals surface area (Å²) in [7, 11) is 1.98. The molecular weight excluding hydrogens is 342 g/mol. The lowest BCUT2D eigenvalue weighted by Crippen LogP contribution is -2.29. The van der Waals surface area contributed by atoms with Crippen LogP contribution in [0.1, 0.15) is 41.0 Å². The molecule has 0 aliphatic carbocycles. The fraction of sp³-hybridized carbons (Fsp3) is 0.500. The first-order valence-corrected chi connectivity index (χ1v) is 9.56. The van der Waals surface area contributed by atoms with Gasteiger partial charge in [0.25, 0.3) is 0 Å². The van der Waals surface area contributed by atoms with Gasteiger partial charge in [0, 0.05) is 35.5 Å². The number of benzene rings is 1. The Hall–Kier alpha value is -1.17. The Balaban J connectivity index is 2.14. The molecule has 6 heteroatoms. The summed E-state index contributed by atoms with van der Waals surface area (Å²) < 4.78 is 1.93. The molecule has 2 heterocycles. The third kappa shape index (κ3) is 3.17. The number of aliphatic hydroxyl groups excluding tert-OH is 1. The van der Waals surface area contributed by atoms with E-state index < -0.39 is 0 Å². The molecular formula is C18H24ClN3OS. The maximum Gasteiger partial charge on any atom is 0.129 e. The van der Waals surface area contributed by atoms with Crippen molar-refractivity contribution in [3.8, 4) is 0 Å². The Kier molecular flexibility index (Phi) is 5.13. The number of aliphatic hydroxyl groups is 1. The predicted molar refractivity (Wildman–Crippen MR) is 102 cm³/mol. The summed E-state index contributed by atoms with van der Waals surface area (Å²) in [5.74, 6) is 1.08. The Morgan fingerprint density at radius 1 is 1.38 bits per heavy atom. The molecule has 3 atom stereocenters. The lowest BCUT2D eigenvalue weighted by molar-refractivity contribution is 0.284. The molecule has 3 unspecified atom stereocenters. The Morgan fingerprint density at radius 3 is 2.79 bits per heavy atom. The molecule has 4 nitrogen and oxygen atoms in total. The van der Waals surface area contributed by atoms with E-state index in [0.717, 1.165) is 23.0 Å². The highest BCUT2D eigenvalue weighted by atomic mass is 35.5. The fourth-order valence-corrected chi connectivity index (χ4v) is 5.39. The minimum atomic E-state index is 0.181. The summed E-state index contributed by atoms with van der Waals surface area (Å²) in [6.45, 7) is 6.55. The van der Waals surface area contributed by atoms with E-state index in [4.69, 9.17) is 11.6 Å². The molecule has 2 N–H and O–H groups in total. The van der Waals surface area contributed by atoms with Gasteiger partial charge in [0.15, 0.2) is 0 Å². The van der Waals surface area contributed by atoms with Crippen LogP contribution in [-0.4, -0.2) is 32.8 Å². The second kappa shape index (κ2) is 6.98. The van der Waals surface area contributed by atoms with E-state index in [1.807, 2.05) is 35.6 Å². The SMILES string of the molecule is Cc1cc(Cl)ccc1C1SC(CCO)C(C)Nc2c1c(C)nn2C. The zero-order valence-corrected chi connectivity index (χ0v) is 16.1. The van der Waals surface area contributed by atoms with Gasteiger partial charge in [0.05, 0.1) is 10.9 Å². The first-order valence-electron chi connectivity index (χ1n) is 8.24. The minimum absolute atomic E-state index is 0.181. The zero-order chi connectivity index (χ0) is 17.4. The minimum Gasteiger partial charge on any atom is -0.396 e. The maximum atomic E-state index is 9.48. The van der Waals surface area contributed by atoms with Crippen molar-refractivity contribution in [2.24, 2.45) is 7.05 Å². The number of nitrogens with zero attached hydrogens (tertiary/aromatic N) is 2. The Bertz CT molecular complexity index is 746. The molecule has 3 rings (SSSR count). The van der Waals surface area contributed by atoms with Crippen LogP contribution >= 0.6 is 23.4 Å². The molecule has 0 saturated heterocycles. The van der Waals surface area contributed by atoms with Crippen molar-refractivity contribution in [3.63, 3.8) is 0 Å². The highest BCUT2D eigenvalue weighted by molar-refractivity contribution is 8.00. The molecule has 0 spiro atoms. The van der Waals surface area contributed by atoms with E-state index in [9.17, 15) is 5.11 Å². The number of hydrogen-bond donors (Lipinski definition) is 2. The molecule has 24 heavy (non-hydrogen) atoms. The van der Waals surface area contributed by atoms with Crippen LogP contribution in [0.25, 0.3) is 0 Å². The lowest BCUT2D eigenvalue weighted by atomic mass is 9.99. The number of hydrogen-bond acceptors (Lipinski definition) is 4. The van der Waals surface area contributed by atoms with Crippen LogP contribution in [0.2, 0.25) is 5.02 Å². The van der Waals surface area contributed by atoms with Gasteiger partial charge in [-0.15, -0.1) is 11.8 Å². The van der Waals surface area contributed by atoms with Crippen LogP contribution in [0.15, 0.2) is 18.2 Å². The molecule has 130 valence electrons. The van der Waals surface area contributed by atoms with Crippen LogP contribution < -0.4 is 5.32 Å². The molecule has 0 bridgehead atoms. The summed E-state index contributed by atoms with van der Waals surface area (Å²) in [5, 5.41) is 19.0. The monoisotopic (exact) mass is 365 g/mol.